The van der Waals surface area contributed by atoms with Crippen LogP contribution in [0.15, 0.2) is 36.4 Å². The summed E-state index contributed by atoms with van der Waals surface area (Å²) in [5.41, 5.74) is 2.69. The highest BCUT2D eigenvalue weighted by Crippen LogP contribution is 2.27. The molecule has 2 aromatic rings. The standard InChI is InChI=1S/C17H21ClN2S.2ClH/c1-12-14(10-16(18)21-12)11-20-15-8-5-9-19-17(15)13-6-3-2-4-7-13;;/h2-4,6-7,10,15,17,19-20H,5,8-9,11H2,1H3;2*1H/t15-,17-;;/m0../s1. The Morgan fingerprint density at radius 3 is 2.65 bits per heavy atom. The summed E-state index contributed by atoms with van der Waals surface area (Å²) in [6.07, 6.45) is 2.44. The van der Waals surface area contributed by atoms with Gasteiger partial charge in [0.15, 0.2) is 0 Å². The first kappa shape index (κ1) is 20.8. The lowest BCUT2D eigenvalue weighted by Crippen LogP contribution is -2.45. The third kappa shape index (κ3) is 5.35. The average Bonchev–Trinajstić information content (AvgIpc) is 2.84. The van der Waals surface area contributed by atoms with Crippen molar-refractivity contribution in [3.05, 3.63) is 56.7 Å². The van der Waals surface area contributed by atoms with Gasteiger partial charge in [-0.25, -0.2) is 0 Å². The van der Waals surface area contributed by atoms with Crippen molar-refractivity contribution >= 4 is 47.8 Å². The lowest BCUT2D eigenvalue weighted by molar-refractivity contribution is 0.304. The van der Waals surface area contributed by atoms with Gasteiger partial charge in [-0.15, -0.1) is 36.2 Å². The third-order valence-electron chi connectivity index (χ3n) is 4.16. The maximum atomic E-state index is 6.09. The number of hydrogen-bond acceptors (Lipinski definition) is 3. The molecule has 2 atom stereocenters. The maximum Gasteiger partial charge on any atom is 0.0934 e. The second-order valence-electron chi connectivity index (χ2n) is 5.60. The van der Waals surface area contributed by atoms with E-state index in [1.165, 1.54) is 28.8 Å². The molecule has 0 bridgehead atoms. The van der Waals surface area contributed by atoms with Crippen LogP contribution in [0.25, 0.3) is 0 Å². The van der Waals surface area contributed by atoms with Crippen molar-refractivity contribution in [1.82, 2.24) is 10.6 Å². The first-order valence-corrected chi connectivity index (χ1v) is 8.70. The Balaban J connectivity index is 0.00000132. The minimum absolute atomic E-state index is 0. The van der Waals surface area contributed by atoms with Gasteiger partial charge in [0.05, 0.1) is 4.34 Å². The molecular weight excluding hydrogens is 371 g/mol. The van der Waals surface area contributed by atoms with Gasteiger partial charge < -0.3 is 10.6 Å². The highest BCUT2D eigenvalue weighted by Gasteiger charge is 2.25. The van der Waals surface area contributed by atoms with Crippen LogP contribution >= 0.6 is 47.8 Å². The summed E-state index contributed by atoms with van der Waals surface area (Å²) in [7, 11) is 0. The maximum absolute atomic E-state index is 6.09. The Kier molecular flexibility index (Phi) is 8.91. The fourth-order valence-corrected chi connectivity index (χ4v) is 4.25. The van der Waals surface area contributed by atoms with E-state index < -0.39 is 0 Å². The largest absolute Gasteiger partial charge is 0.309 e. The molecule has 6 heteroatoms. The van der Waals surface area contributed by atoms with Crippen molar-refractivity contribution < 1.29 is 0 Å². The monoisotopic (exact) mass is 392 g/mol. The van der Waals surface area contributed by atoms with Crippen LogP contribution < -0.4 is 10.6 Å². The molecule has 0 radical (unpaired) electrons. The highest BCUT2D eigenvalue weighted by molar-refractivity contribution is 7.16. The van der Waals surface area contributed by atoms with Crippen LogP contribution in [-0.2, 0) is 6.54 Å². The fraction of sp³-hybridized carbons (Fsp3) is 0.412. The first-order valence-electron chi connectivity index (χ1n) is 7.50. The van der Waals surface area contributed by atoms with E-state index in [0.717, 1.165) is 17.4 Å². The second kappa shape index (κ2) is 9.87. The molecule has 1 saturated heterocycles. The van der Waals surface area contributed by atoms with E-state index in [9.17, 15) is 0 Å². The fourth-order valence-electron chi connectivity index (χ4n) is 3.02. The van der Waals surface area contributed by atoms with Crippen molar-refractivity contribution in [2.45, 2.75) is 38.4 Å². The predicted molar refractivity (Wildman–Crippen MR) is 106 cm³/mol. The number of piperidine rings is 1. The smallest absolute Gasteiger partial charge is 0.0934 e. The van der Waals surface area contributed by atoms with Crippen molar-refractivity contribution in [2.24, 2.45) is 0 Å². The van der Waals surface area contributed by atoms with Crippen LogP contribution in [0.2, 0.25) is 4.34 Å². The summed E-state index contributed by atoms with van der Waals surface area (Å²) >= 11 is 7.75. The number of halogens is 3. The molecule has 1 aromatic carbocycles. The second-order valence-corrected chi connectivity index (χ2v) is 7.49. The average molecular weight is 394 g/mol. The summed E-state index contributed by atoms with van der Waals surface area (Å²) in [4.78, 5) is 1.31. The summed E-state index contributed by atoms with van der Waals surface area (Å²) in [5, 5.41) is 7.38. The number of benzene rings is 1. The number of aryl methyl sites for hydroxylation is 1. The van der Waals surface area contributed by atoms with Crippen molar-refractivity contribution in [3.8, 4) is 0 Å². The van der Waals surface area contributed by atoms with Gasteiger partial charge in [-0.05, 0) is 43.5 Å². The SMILES string of the molecule is Cc1sc(Cl)cc1CN[C@H]1CCCN[C@H]1c1ccccc1.Cl.Cl. The van der Waals surface area contributed by atoms with E-state index in [1.54, 1.807) is 11.3 Å². The number of nitrogens with one attached hydrogen (secondary N) is 2. The molecule has 1 aliphatic rings. The summed E-state index contributed by atoms with van der Waals surface area (Å²) in [6.45, 7) is 4.13. The molecule has 0 unspecified atom stereocenters. The number of thiophene rings is 1. The normalized spacial score (nSPS) is 20.4. The number of hydrogen-bond donors (Lipinski definition) is 2. The van der Waals surface area contributed by atoms with Crippen molar-refractivity contribution in [2.75, 3.05) is 6.54 Å². The zero-order chi connectivity index (χ0) is 14.7. The molecule has 2 heterocycles. The van der Waals surface area contributed by atoms with Crippen LogP contribution in [-0.4, -0.2) is 12.6 Å². The molecule has 23 heavy (non-hydrogen) atoms. The van der Waals surface area contributed by atoms with E-state index in [4.69, 9.17) is 11.6 Å². The topological polar surface area (TPSA) is 24.1 Å². The molecular formula is C17H23Cl3N2S. The van der Waals surface area contributed by atoms with E-state index in [-0.39, 0.29) is 24.8 Å². The van der Waals surface area contributed by atoms with Gasteiger partial charge in [-0.1, -0.05) is 41.9 Å². The van der Waals surface area contributed by atoms with Gasteiger partial charge in [0.2, 0.25) is 0 Å². The molecule has 2 N–H and O–H groups in total. The van der Waals surface area contributed by atoms with Gasteiger partial charge in [0.25, 0.3) is 0 Å². The zero-order valence-corrected chi connectivity index (χ0v) is 16.3. The number of rotatable bonds is 4. The Labute approximate surface area is 159 Å². The molecule has 1 fully saturated rings. The molecule has 1 aliphatic heterocycles. The summed E-state index contributed by atoms with van der Waals surface area (Å²) in [5.74, 6) is 0. The Hall–Kier alpha value is -0.290. The van der Waals surface area contributed by atoms with Crippen LogP contribution in [0.3, 0.4) is 0 Å². The van der Waals surface area contributed by atoms with E-state index >= 15 is 0 Å². The first-order chi connectivity index (χ1) is 10.2. The molecule has 1 aromatic heterocycles. The molecule has 3 rings (SSSR count). The quantitative estimate of drug-likeness (QED) is 0.752. The van der Waals surface area contributed by atoms with Gasteiger partial charge in [0.1, 0.15) is 0 Å². The lowest BCUT2D eigenvalue weighted by Gasteiger charge is -2.34. The van der Waals surface area contributed by atoms with Gasteiger partial charge in [-0.2, -0.15) is 0 Å². The van der Waals surface area contributed by atoms with Gasteiger partial charge >= 0.3 is 0 Å². The van der Waals surface area contributed by atoms with Gasteiger partial charge in [0, 0.05) is 23.5 Å². The molecule has 2 nitrogen and oxygen atoms in total. The third-order valence-corrected chi connectivity index (χ3v) is 5.38. The summed E-state index contributed by atoms with van der Waals surface area (Å²) in [6, 6.07) is 13.7. The molecule has 0 spiro atoms. The zero-order valence-electron chi connectivity index (χ0n) is 13.0. The molecule has 0 aliphatic carbocycles. The van der Waals surface area contributed by atoms with Crippen LogP contribution in [0.4, 0.5) is 0 Å². The van der Waals surface area contributed by atoms with Crippen LogP contribution in [0.1, 0.15) is 34.9 Å². The minimum atomic E-state index is 0. The van der Waals surface area contributed by atoms with Crippen LogP contribution in [0, 0.1) is 6.92 Å². The van der Waals surface area contributed by atoms with Crippen LogP contribution in [0.5, 0.6) is 0 Å². The molecule has 0 saturated carbocycles. The van der Waals surface area contributed by atoms with E-state index in [2.05, 4.69) is 54.0 Å². The van der Waals surface area contributed by atoms with Crippen molar-refractivity contribution in [1.29, 1.82) is 0 Å². The predicted octanol–water partition coefficient (Wildman–Crippen LogP) is 5.14. The van der Waals surface area contributed by atoms with E-state index in [0.29, 0.717) is 12.1 Å². The Morgan fingerprint density at radius 1 is 1.26 bits per heavy atom. The lowest BCUT2D eigenvalue weighted by atomic mass is 9.92. The Bertz CT molecular complexity index is 589. The highest BCUT2D eigenvalue weighted by atomic mass is 35.5. The van der Waals surface area contributed by atoms with Crippen molar-refractivity contribution in [3.63, 3.8) is 0 Å². The van der Waals surface area contributed by atoms with Gasteiger partial charge in [-0.3, -0.25) is 0 Å². The summed E-state index contributed by atoms with van der Waals surface area (Å²) < 4.78 is 0.880. The Morgan fingerprint density at radius 2 is 2.00 bits per heavy atom. The minimum Gasteiger partial charge on any atom is -0.309 e. The van der Waals surface area contributed by atoms with E-state index in [1.807, 2.05) is 0 Å². The molecule has 128 valence electrons. The molecule has 0 amide bonds.